The summed E-state index contributed by atoms with van der Waals surface area (Å²) in [4.78, 5) is 32.8. The Morgan fingerprint density at radius 3 is 2.06 bits per heavy atom. The predicted molar refractivity (Wildman–Crippen MR) is 129 cm³/mol. The maximum Gasteiger partial charge on any atom is 0.337 e. The van der Waals surface area contributed by atoms with Crippen LogP contribution in [0.2, 0.25) is 0 Å². The maximum absolute atomic E-state index is 12.5. The number of anilines is 3. The average Bonchev–Trinajstić information content (AvgIpc) is 2.86. The number of rotatable bonds is 11. The number of unbranched alkanes of at least 4 members (excludes halogenated alkanes) is 1. The van der Waals surface area contributed by atoms with E-state index in [0.717, 1.165) is 24.0 Å². The molecular weight excluding hydrogens is 418 g/mol. The molecule has 8 nitrogen and oxygen atoms in total. The molecule has 0 aliphatic rings. The summed E-state index contributed by atoms with van der Waals surface area (Å²) in [6.45, 7) is 3.06. The molecule has 0 saturated heterocycles. The number of methoxy groups -OCH3 is 1. The first-order valence-corrected chi connectivity index (χ1v) is 10.9. The molecule has 1 aromatic heterocycles. The van der Waals surface area contributed by atoms with Crippen molar-refractivity contribution in [3.05, 3.63) is 77.6 Å². The molecule has 172 valence electrons. The van der Waals surface area contributed by atoms with E-state index in [9.17, 15) is 9.59 Å². The molecule has 33 heavy (non-hydrogen) atoms. The zero-order valence-electron chi connectivity index (χ0n) is 18.9. The Balaban J connectivity index is 1.76. The van der Waals surface area contributed by atoms with E-state index in [0.29, 0.717) is 42.4 Å². The molecule has 0 unspecified atom stereocenters. The smallest absolute Gasteiger partial charge is 0.337 e. The summed E-state index contributed by atoms with van der Waals surface area (Å²) < 4.78 is 4.74. The lowest BCUT2D eigenvalue weighted by Gasteiger charge is -2.16. The van der Waals surface area contributed by atoms with Gasteiger partial charge in [-0.05, 0) is 29.7 Å². The highest BCUT2D eigenvalue weighted by Crippen LogP contribution is 2.28. The summed E-state index contributed by atoms with van der Waals surface area (Å²) >= 11 is 0. The van der Waals surface area contributed by atoms with Crippen LogP contribution in [0.3, 0.4) is 0 Å². The lowest BCUT2D eigenvalue weighted by atomic mass is 10.1. The number of amides is 1. The molecule has 0 aliphatic heterocycles. The third kappa shape index (κ3) is 7.03. The van der Waals surface area contributed by atoms with E-state index in [1.54, 1.807) is 12.1 Å². The number of hydrogen-bond donors (Lipinski definition) is 3. The van der Waals surface area contributed by atoms with Gasteiger partial charge >= 0.3 is 5.97 Å². The Hall–Kier alpha value is -3.94. The van der Waals surface area contributed by atoms with Crippen LogP contribution in [0.5, 0.6) is 0 Å². The molecule has 0 radical (unpaired) electrons. The SMILES string of the molecule is CCCCC(=O)Nc1c(NCc2ccccc2)ncnc1NCc1ccc(C(=O)OC)cc1. The fourth-order valence-electron chi connectivity index (χ4n) is 3.16. The van der Waals surface area contributed by atoms with Crippen LogP contribution in [0.15, 0.2) is 60.9 Å². The summed E-state index contributed by atoms with van der Waals surface area (Å²) in [5.74, 6) is 0.598. The maximum atomic E-state index is 12.5. The van der Waals surface area contributed by atoms with Gasteiger partial charge in [0.05, 0.1) is 12.7 Å². The molecule has 0 spiro atoms. The zero-order chi connectivity index (χ0) is 23.5. The molecule has 8 heteroatoms. The number of nitrogens with one attached hydrogen (secondary N) is 3. The number of nitrogens with zero attached hydrogens (tertiary/aromatic N) is 2. The monoisotopic (exact) mass is 447 g/mol. The fourth-order valence-corrected chi connectivity index (χ4v) is 3.16. The molecular formula is C25H29N5O3. The minimum atomic E-state index is -0.378. The summed E-state index contributed by atoms with van der Waals surface area (Å²) in [5, 5.41) is 9.54. The first kappa shape index (κ1) is 23.7. The summed E-state index contributed by atoms with van der Waals surface area (Å²) in [6.07, 6.45) is 3.63. The molecule has 0 bridgehead atoms. The van der Waals surface area contributed by atoms with Gasteiger partial charge in [0, 0.05) is 19.5 Å². The third-order valence-electron chi connectivity index (χ3n) is 5.01. The van der Waals surface area contributed by atoms with Crippen molar-refractivity contribution < 1.29 is 14.3 Å². The van der Waals surface area contributed by atoms with Crippen molar-refractivity contribution in [3.8, 4) is 0 Å². The largest absolute Gasteiger partial charge is 0.465 e. The number of ether oxygens (including phenoxy) is 1. The van der Waals surface area contributed by atoms with Gasteiger partial charge in [0.15, 0.2) is 11.6 Å². The van der Waals surface area contributed by atoms with Crippen LogP contribution in [0.1, 0.15) is 47.7 Å². The van der Waals surface area contributed by atoms with E-state index in [4.69, 9.17) is 4.74 Å². The molecule has 0 fully saturated rings. The second-order valence-corrected chi connectivity index (χ2v) is 7.48. The molecule has 2 aromatic carbocycles. The van der Waals surface area contributed by atoms with E-state index in [1.165, 1.54) is 13.4 Å². The Bertz CT molecular complexity index is 1060. The van der Waals surface area contributed by atoms with Crippen molar-refractivity contribution in [2.45, 2.75) is 39.3 Å². The highest BCUT2D eigenvalue weighted by molar-refractivity contribution is 5.97. The van der Waals surface area contributed by atoms with Crippen LogP contribution < -0.4 is 16.0 Å². The number of carbonyl (C=O) groups excluding carboxylic acids is 2. The molecule has 0 saturated carbocycles. The zero-order valence-corrected chi connectivity index (χ0v) is 18.9. The molecule has 3 aromatic rings. The van der Waals surface area contributed by atoms with Gasteiger partial charge < -0.3 is 20.7 Å². The van der Waals surface area contributed by atoms with Crippen molar-refractivity contribution in [1.29, 1.82) is 0 Å². The topological polar surface area (TPSA) is 105 Å². The summed E-state index contributed by atoms with van der Waals surface area (Å²) in [5.41, 5.74) is 3.04. The average molecular weight is 448 g/mol. The standard InChI is InChI=1S/C25H29N5O3/c1-3-4-10-21(31)30-22-23(26-15-18-8-6-5-7-9-18)28-17-29-24(22)27-16-19-11-13-20(14-12-19)25(32)33-2/h5-9,11-14,17H,3-4,10,15-16H2,1-2H3,(H,30,31)(H2,26,27,28,29). The fraction of sp³-hybridized carbons (Fsp3) is 0.280. The van der Waals surface area contributed by atoms with E-state index in [1.807, 2.05) is 49.4 Å². The number of hydrogen-bond acceptors (Lipinski definition) is 7. The highest BCUT2D eigenvalue weighted by atomic mass is 16.5. The second-order valence-electron chi connectivity index (χ2n) is 7.48. The molecule has 0 atom stereocenters. The minimum Gasteiger partial charge on any atom is -0.465 e. The Morgan fingerprint density at radius 1 is 0.879 bits per heavy atom. The van der Waals surface area contributed by atoms with Crippen LogP contribution in [0.25, 0.3) is 0 Å². The van der Waals surface area contributed by atoms with Gasteiger partial charge in [-0.2, -0.15) is 0 Å². The normalized spacial score (nSPS) is 10.4. The summed E-state index contributed by atoms with van der Waals surface area (Å²) in [7, 11) is 1.35. The molecule has 1 amide bonds. The number of carbonyl (C=O) groups is 2. The number of esters is 1. The van der Waals surface area contributed by atoms with Crippen LogP contribution in [-0.4, -0.2) is 29.0 Å². The lowest BCUT2D eigenvalue weighted by Crippen LogP contribution is -2.17. The predicted octanol–water partition coefficient (Wildman–Crippen LogP) is 4.62. The number of benzene rings is 2. The van der Waals surface area contributed by atoms with Crippen molar-refractivity contribution in [3.63, 3.8) is 0 Å². The Labute approximate surface area is 193 Å². The van der Waals surface area contributed by atoms with Gasteiger partial charge in [-0.3, -0.25) is 4.79 Å². The van der Waals surface area contributed by atoms with Crippen molar-refractivity contribution in [2.24, 2.45) is 0 Å². The van der Waals surface area contributed by atoms with Gasteiger partial charge in [0.2, 0.25) is 5.91 Å². The molecule has 0 aliphatic carbocycles. The molecule has 3 N–H and O–H groups in total. The van der Waals surface area contributed by atoms with Crippen molar-refractivity contribution >= 4 is 29.2 Å². The molecule has 3 rings (SSSR count). The van der Waals surface area contributed by atoms with E-state index in [-0.39, 0.29) is 11.9 Å². The van der Waals surface area contributed by atoms with Crippen LogP contribution in [0.4, 0.5) is 17.3 Å². The van der Waals surface area contributed by atoms with E-state index < -0.39 is 0 Å². The Kier molecular flexibility index (Phi) is 8.76. The van der Waals surface area contributed by atoms with E-state index in [2.05, 4.69) is 25.9 Å². The van der Waals surface area contributed by atoms with Gasteiger partial charge in [-0.1, -0.05) is 55.8 Å². The molecule has 1 heterocycles. The Morgan fingerprint density at radius 2 is 1.48 bits per heavy atom. The lowest BCUT2D eigenvalue weighted by molar-refractivity contribution is -0.116. The van der Waals surface area contributed by atoms with Gasteiger partial charge in [0.1, 0.15) is 12.0 Å². The quantitative estimate of drug-likeness (QED) is 0.369. The first-order valence-electron chi connectivity index (χ1n) is 10.9. The van der Waals surface area contributed by atoms with E-state index >= 15 is 0 Å². The third-order valence-corrected chi connectivity index (χ3v) is 5.01. The van der Waals surface area contributed by atoms with Gasteiger partial charge in [-0.25, -0.2) is 14.8 Å². The second kappa shape index (κ2) is 12.2. The minimum absolute atomic E-state index is 0.0834. The van der Waals surface area contributed by atoms with Crippen LogP contribution in [0, 0.1) is 0 Å². The van der Waals surface area contributed by atoms with Crippen LogP contribution >= 0.6 is 0 Å². The van der Waals surface area contributed by atoms with Gasteiger partial charge in [0.25, 0.3) is 0 Å². The van der Waals surface area contributed by atoms with Gasteiger partial charge in [-0.15, -0.1) is 0 Å². The summed E-state index contributed by atoms with van der Waals surface area (Å²) in [6, 6.07) is 17.1. The van der Waals surface area contributed by atoms with Crippen molar-refractivity contribution in [1.82, 2.24) is 9.97 Å². The van der Waals surface area contributed by atoms with Crippen LogP contribution in [-0.2, 0) is 22.6 Å². The highest BCUT2D eigenvalue weighted by Gasteiger charge is 2.15. The number of aromatic nitrogens is 2. The van der Waals surface area contributed by atoms with Crippen molar-refractivity contribution in [2.75, 3.05) is 23.1 Å². The first-order chi connectivity index (χ1) is 16.1.